The molecule has 1 aromatic carbocycles. The smallest absolute Gasteiger partial charge is 0.288 e. The lowest BCUT2D eigenvalue weighted by Crippen LogP contribution is -2.56. The molecule has 1 fully saturated rings. The van der Waals surface area contributed by atoms with Crippen LogP contribution in [0, 0.1) is 0 Å². The highest BCUT2D eigenvalue weighted by Gasteiger charge is 2.51. The fourth-order valence-electron chi connectivity index (χ4n) is 2.74. The molecule has 0 bridgehead atoms. The van der Waals surface area contributed by atoms with Crippen LogP contribution in [0.1, 0.15) is 32.3 Å². The van der Waals surface area contributed by atoms with Gasteiger partial charge in [0.2, 0.25) is 5.91 Å². The van der Waals surface area contributed by atoms with Crippen LogP contribution in [0.3, 0.4) is 0 Å². The monoisotopic (exact) mass is 378 g/mol. The third kappa shape index (κ3) is 3.81. The number of hydrogen-bond donors (Lipinski definition) is 1. The second-order valence-electron chi connectivity index (χ2n) is 6.08. The average molecular weight is 379 g/mol. The predicted molar refractivity (Wildman–Crippen MR) is 81.0 cm³/mol. The molecule has 1 aliphatic rings. The summed E-state index contributed by atoms with van der Waals surface area (Å²) in [5.41, 5.74) is 2.33. The van der Waals surface area contributed by atoms with Crippen LogP contribution in [0.25, 0.3) is 0 Å². The van der Waals surface area contributed by atoms with Gasteiger partial charge in [-0.15, -0.1) is 0 Å². The molecule has 1 heterocycles. The van der Waals surface area contributed by atoms with E-state index in [1.165, 1.54) is 0 Å². The first kappa shape index (κ1) is 17.3. The Morgan fingerprint density at radius 1 is 1.36 bits per heavy atom. The maximum atomic E-state index is 13.4. The number of hydrogen-bond acceptors (Lipinski definition) is 2. The van der Waals surface area contributed by atoms with Crippen LogP contribution in [0.5, 0.6) is 0 Å². The van der Waals surface area contributed by atoms with E-state index in [9.17, 15) is 18.0 Å². The van der Waals surface area contributed by atoms with Gasteiger partial charge in [-0.3, -0.25) is 10.2 Å². The summed E-state index contributed by atoms with van der Waals surface area (Å²) in [6.45, 7) is 3.28. The predicted octanol–water partition coefficient (Wildman–Crippen LogP) is 3.83. The highest BCUT2D eigenvalue weighted by atomic mass is 79.9. The average Bonchev–Trinajstić information content (AvgIpc) is 2.63. The van der Waals surface area contributed by atoms with Crippen LogP contribution in [-0.4, -0.2) is 28.7 Å². The molecule has 0 unspecified atom stereocenters. The molecule has 0 saturated carbocycles. The summed E-state index contributed by atoms with van der Waals surface area (Å²) in [7, 11) is 0. The minimum Gasteiger partial charge on any atom is -0.288 e. The summed E-state index contributed by atoms with van der Waals surface area (Å²) < 4.78 is 41.1. The first-order valence-corrected chi connectivity index (χ1v) is 7.79. The Morgan fingerprint density at radius 2 is 2.00 bits per heavy atom. The third-order valence-corrected chi connectivity index (χ3v) is 4.60. The lowest BCUT2D eigenvalue weighted by molar-refractivity contribution is -0.202. The fourth-order valence-corrected chi connectivity index (χ4v) is 3.22. The van der Waals surface area contributed by atoms with Gasteiger partial charge in [0.25, 0.3) is 0 Å². The summed E-state index contributed by atoms with van der Waals surface area (Å²) in [4.78, 5) is 11.5. The summed E-state index contributed by atoms with van der Waals surface area (Å²) in [5, 5.41) is 1.06. The van der Waals surface area contributed by atoms with E-state index in [2.05, 4.69) is 21.4 Å². The number of hydrazine groups is 1. The van der Waals surface area contributed by atoms with Crippen molar-refractivity contribution in [2.45, 2.75) is 50.9 Å². The van der Waals surface area contributed by atoms with Gasteiger partial charge in [-0.2, -0.15) is 13.2 Å². The highest BCUT2D eigenvalue weighted by molar-refractivity contribution is 9.10. The molecule has 0 aliphatic carbocycles. The van der Waals surface area contributed by atoms with Gasteiger partial charge in [0, 0.05) is 16.4 Å². The van der Waals surface area contributed by atoms with Gasteiger partial charge >= 0.3 is 6.18 Å². The van der Waals surface area contributed by atoms with Gasteiger partial charge < -0.3 is 0 Å². The Labute approximate surface area is 136 Å². The van der Waals surface area contributed by atoms with Crippen molar-refractivity contribution >= 4 is 21.8 Å². The van der Waals surface area contributed by atoms with Gasteiger partial charge in [-0.05, 0) is 38.3 Å². The topological polar surface area (TPSA) is 32.3 Å². The number of rotatable bonds is 4. The molecule has 1 amide bonds. The van der Waals surface area contributed by atoms with Gasteiger partial charge in [-0.1, -0.05) is 34.1 Å². The van der Waals surface area contributed by atoms with Crippen molar-refractivity contribution in [1.29, 1.82) is 0 Å². The number of nitrogens with zero attached hydrogens (tertiary/aromatic N) is 1. The SMILES string of the molecule is CC1(C)CC(=O)NN1[C@@H](CCc1ccccc1Br)C(F)(F)F. The molecule has 2 rings (SSSR count). The zero-order valence-electron chi connectivity index (χ0n) is 12.4. The van der Waals surface area contributed by atoms with Crippen molar-refractivity contribution in [3.63, 3.8) is 0 Å². The zero-order chi connectivity index (χ0) is 16.5. The Morgan fingerprint density at radius 3 is 2.50 bits per heavy atom. The van der Waals surface area contributed by atoms with Crippen molar-refractivity contribution in [2.75, 3.05) is 0 Å². The van der Waals surface area contributed by atoms with Gasteiger partial charge in [0.15, 0.2) is 0 Å². The van der Waals surface area contributed by atoms with Crippen molar-refractivity contribution in [3.05, 3.63) is 34.3 Å². The van der Waals surface area contributed by atoms with E-state index in [0.29, 0.717) is 0 Å². The fraction of sp³-hybridized carbons (Fsp3) is 0.533. The molecular weight excluding hydrogens is 361 g/mol. The number of alkyl halides is 3. The number of aryl methyl sites for hydroxylation is 1. The molecule has 0 spiro atoms. The molecule has 3 nitrogen and oxygen atoms in total. The molecule has 1 aromatic rings. The molecule has 22 heavy (non-hydrogen) atoms. The second-order valence-corrected chi connectivity index (χ2v) is 6.94. The number of halogens is 4. The Balaban J connectivity index is 2.18. The molecule has 0 radical (unpaired) electrons. The van der Waals surface area contributed by atoms with E-state index in [4.69, 9.17) is 0 Å². The minimum atomic E-state index is -4.41. The highest BCUT2D eigenvalue weighted by Crippen LogP contribution is 2.35. The number of carbonyl (C=O) groups is 1. The van der Waals surface area contributed by atoms with E-state index in [0.717, 1.165) is 15.0 Å². The molecule has 0 aromatic heterocycles. The van der Waals surface area contributed by atoms with Crippen LogP contribution in [0.15, 0.2) is 28.7 Å². The lowest BCUT2D eigenvalue weighted by atomic mass is 9.97. The minimum absolute atomic E-state index is 0.0641. The summed E-state index contributed by atoms with van der Waals surface area (Å²) in [6.07, 6.45) is -4.19. The Bertz CT molecular complexity index is 560. The van der Waals surface area contributed by atoms with Crippen LogP contribution >= 0.6 is 15.9 Å². The lowest BCUT2D eigenvalue weighted by Gasteiger charge is -2.37. The van der Waals surface area contributed by atoms with E-state index < -0.39 is 17.8 Å². The summed E-state index contributed by atoms with van der Waals surface area (Å²) >= 11 is 3.35. The first-order chi connectivity index (χ1) is 10.1. The molecule has 1 N–H and O–H groups in total. The van der Waals surface area contributed by atoms with E-state index >= 15 is 0 Å². The van der Waals surface area contributed by atoms with Crippen LogP contribution < -0.4 is 5.43 Å². The second kappa shape index (κ2) is 6.20. The van der Waals surface area contributed by atoms with Crippen molar-refractivity contribution in [3.8, 4) is 0 Å². The Kier molecular flexibility index (Phi) is 4.87. The summed E-state index contributed by atoms with van der Waals surface area (Å²) in [6, 6.07) is 5.51. The number of nitrogens with one attached hydrogen (secondary N) is 1. The van der Waals surface area contributed by atoms with E-state index in [-0.39, 0.29) is 25.2 Å². The van der Waals surface area contributed by atoms with Crippen LogP contribution in [0.2, 0.25) is 0 Å². The van der Waals surface area contributed by atoms with Crippen LogP contribution in [-0.2, 0) is 11.2 Å². The first-order valence-electron chi connectivity index (χ1n) is 7.00. The molecular formula is C15H18BrF3N2O. The molecule has 7 heteroatoms. The quantitative estimate of drug-likeness (QED) is 0.863. The normalized spacial score (nSPS) is 20.0. The van der Waals surface area contributed by atoms with Crippen molar-refractivity contribution < 1.29 is 18.0 Å². The molecule has 1 saturated heterocycles. The third-order valence-electron chi connectivity index (χ3n) is 3.82. The maximum absolute atomic E-state index is 13.4. The Hall–Kier alpha value is -1.08. The van der Waals surface area contributed by atoms with Crippen molar-refractivity contribution in [2.24, 2.45) is 0 Å². The molecule has 1 aliphatic heterocycles. The zero-order valence-corrected chi connectivity index (χ0v) is 14.0. The molecule has 122 valence electrons. The van der Waals surface area contributed by atoms with Gasteiger partial charge in [0.1, 0.15) is 6.04 Å². The van der Waals surface area contributed by atoms with Crippen molar-refractivity contribution in [1.82, 2.24) is 10.4 Å². The standard InChI is InChI=1S/C15H18BrF3N2O/c1-14(2)9-13(22)20-21(14)12(15(17,18)19)8-7-10-5-3-4-6-11(10)16/h3-6,12H,7-9H2,1-2H3,(H,20,22)/t12-/m0/s1. The van der Waals surface area contributed by atoms with Gasteiger partial charge in [0.05, 0.1) is 0 Å². The van der Waals surface area contributed by atoms with E-state index in [1.807, 2.05) is 6.07 Å². The maximum Gasteiger partial charge on any atom is 0.405 e. The van der Waals surface area contributed by atoms with Crippen LogP contribution in [0.4, 0.5) is 13.2 Å². The van der Waals surface area contributed by atoms with E-state index in [1.54, 1.807) is 32.0 Å². The number of carbonyl (C=O) groups excluding carboxylic acids is 1. The largest absolute Gasteiger partial charge is 0.405 e. The number of amides is 1. The number of benzene rings is 1. The van der Waals surface area contributed by atoms with Gasteiger partial charge in [-0.25, -0.2) is 5.01 Å². The summed E-state index contributed by atoms with van der Waals surface area (Å²) in [5.74, 6) is -0.375. The molecule has 1 atom stereocenters.